The first-order chi connectivity index (χ1) is 13.7. The van der Waals surface area contributed by atoms with Crippen molar-refractivity contribution in [3.05, 3.63) is 54.4 Å². The predicted octanol–water partition coefficient (Wildman–Crippen LogP) is 4.32. The highest BCUT2D eigenvalue weighted by atomic mass is 32.1. The standard InChI is InChI=1S/C20H18N4O3S/c1-2-26-14-9-7-13(8-10-14)19-23-18(27-24-19)12-11-17(25)22-20-21-15-5-3-4-6-16(15)28-20/h3-10H,2,11-12H2,1H3,(H,21,22,25). The number of fused-ring (bicyclic) bond motifs is 1. The van der Waals surface area contributed by atoms with Gasteiger partial charge in [-0.15, -0.1) is 0 Å². The number of rotatable bonds is 7. The second-order valence-electron chi connectivity index (χ2n) is 6.00. The number of thiazole rings is 1. The lowest BCUT2D eigenvalue weighted by Gasteiger charge is -2.02. The highest BCUT2D eigenvalue weighted by molar-refractivity contribution is 7.22. The van der Waals surface area contributed by atoms with Crippen molar-refractivity contribution in [1.29, 1.82) is 0 Å². The highest BCUT2D eigenvalue weighted by Crippen LogP contribution is 2.25. The largest absolute Gasteiger partial charge is 0.494 e. The molecule has 4 aromatic rings. The third-order valence-corrected chi connectivity index (χ3v) is 4.95. The summed E-state index contributed by atoms with van der Waals surface area (Å²) in [6.07, 6.45) is 0.599. The molecule has 142 valence electrons. The Kier molecular flexibility index (Phi) is 5.29. The van der Waals surface area contributed by atoms with E-state index in [0.717, 1.165) is 21.5 Å². The van der Waals surface area contributed by atoms with E-state index in [0.29, 0.717) is 29.9 Å². The third kappa shape index (κ3) is 4.17. The van der Waals surface area contributed by atoms with Crippen molar-refractivity contribution in [2.45, 2.75) is 19.8 Å². The van der Waals surface area contributed by atoms with E-state index in [9.17, 15) is 4.79 Å². The number of benzene rings is 2. The molecule has 0 aliphatic rings. The Morgan fingerprint density at radius 3 is 2.75 bits per heavy atom. The number of hydrogen-bond acceptors (Lipinski definition) is 7. The summed E-state index contributed by atoms with van der Waals surface area (Å²) >= 11 is 1.45. The van der Waals surface area contributed by atoms with Crippen molar-refractivity contribution in [3.8, 4) is 17.1 Å². The van der Waals surface area contributed by atoms with Gasteiger partial charge in [-0.1, -0.05) is 28.6 Å². The van der Waals surface area contributed by atoms with Crippen LogP contribution in [0.15, 0.2) is 53.1 Å². The Morgan fingerprint density at radius 1 is 1.14 bits per heavy atom. The second-order valence-corrected chi connectivity index (χ2v) is 7.03. The van der Waals surface area contributed by atoms with E-state index in [4.69, 9.17) is 9.26 Å². The van der Waals surface area contributed by atoms with E-state index in [1.54, 1.807) is 0 Å². The number of hydrogen-bond donors (Lipinski definition) is 1. The Bertz CT molecular complexity index is 1060. The molecule has 2 heterocycles. The molecule has 0 radical (unpaired) electrons. The lowest BCUT2D eigenvalue weighted by Crippen LogP contribution is -2.12. The van der Waals surface area contributed by atoms with Crippen LogP contribution in [0.1, 0.15) is 19.2 Å². The quantitative estimate of drug-likeness (QED) is 0.502. The molecule has 4 rings (SSSR count). The normalized spacial score (nSPS) is 10.9. The zero-order valence-corrected chi connectivity index (χ0v) is 16.0. The summed E-state index contributed by atoms with van der Waals surface area (Å²) in [5, 5.41) is 7.40. The topological polar surface area (TPSA) is 90.1 Å². The molecule has 0 saturated carbocycles. The van der Waals surface area contributed by atoms with E-state index < -0.39 is 0 Å². The maximum absolute atomic E-state index is 12.2. The van der Waals surface area contributed by atoms with Crippen LogP contribution in [0.4, 0.5) is 5.13 Å². The van der Waals surface area contributed by atoms with Gasteiger partial charge in [-0.2, -0.15) is 4.98 Å². The van der Waals surface area contributed by atoms with Gasteiger partial charge in [0.15, 0.2) is 5.13 Å². The lowest BCUT2D eigenvalue weighted by molar-refractivity contribution is -0.116. The van der Waals surface area contributed by atoms with Crippen molar-refractivity contribution in [2.24, 2.45) is 0 Å². The molecule has 1 N–H and O–H groups in total. The van der Waals surface area contributed by atoms with Crippen LogP contribution in [-0.4, -0.2) is 27.6 Å². The first kappa shape index (κ1) is 18.1. The molecule has 1 amide bonds. The predicted molar refractivity (Wildman–Crippen MR) is 107 cm³/mol. The molecule has 8 heteroatoms. The molecule has 0 spiro atoms. The monoisotopic (exact) mass is 394 g/mol. The number of anilines is 1. The summed E-state index contributed by atoms with van der Waals surface area (Å²) < 4.78 is 11.7. The van der Waals surface area contributed by atoms with Crippen molar-refractivity contribution in [3.63, 3.8) is 0 Å². The highest BCUT2D eigenvalue weighted by Gasteiger charge is 2.12. The summed E-state index contributed by atoms with van der Waals surface area (Å²) in [5.41, 5.74) is 1.71. The van der Waals surface area contributed by atoms with Crippen LogP contribution >= 0.6 is 11.3 Å². The van der Waals surface area contributed by atoms with E-state index in [-0.39, 0.29) is 12.3 Å². The summed E-state index contributed by atoms with van der Waals surface area (Å²) in [6.45, 7) is 2.55. The maximum atomic E-state index is 12.2. The Morgan fingerprint density at radius 2 is 1.96 bits per heavy atom. The fraction of sp³-hybridized carbons (Fsp3) is 0.200. The molecule has 28 heavy (non-hydrogen) atoms. The molecule has 0 unspecified atom stereocenters. The number of carbonyl (C=O) groups excluding carboxylic acids is 1. The van der Waals surface area contributed by atoms with E-state index >= 15 is 0 Å². The number of carbonyl (C=O) groups is 1. The number of ether oxygens (including phenoxy) is 1. The minimum absolute atomic E-state index is 0.139. The van der Waals surface area contributed by atoms with Crippen LogP contribution in [0.2, 0.25) is 0 Å². The number of nitrogens with zero attached hydrogens (tertiary/aromatic N) is 3. The van der Waals surface area contributed by atoms with Gasteiger partial charge >= 0.3 is 0 Å². The van der Waals surface area contributed by atoms with Crippen LogP contribution in [0.5, 0.6) is 5.75 Å². The Hall–Kier alpha value is -3.26. The van der Waals surface area contributed by atoms with Gasteiger partial charge in [-0.25, -0.2) is 4.98 Å². The van der Waals surface area contributed by atoms with E-state index in [1.165, 1.54) is 11.3 Å². The molecule has 0 atom stereocenters. The first-order valence-corrected chi connectivity index (χ1v) is 9.74. The SMILES string of the molecule is CCOc1ccc(-c2noc(CCC(=O)Nc3nc4ccccc4s3)n2)cc1. The fourth-order valence-electron chi connectivity index (χ4n) is 2.67. The van der Waals surface area contributed by atoms with Gasteiger partial charge in [-0.05, 0) is 43.3 Å². The number of para-hydroxylation sites is 1. The molecule has 2 aromatic carbocycles. The fourth-order valence-corrected chi connectivity index (χ4v) is 3.55. The summed E-state index contributed by atoms with van der Waals surface area (Å²) in [6, 6.07) is 15.2. The van der Waals surface area contributed by atoms with Crippen LogP contribution in [0, 0.1) is 0 Å². The Labute approximate surface area is 165 Å². The molecule has 0 saturated heterocycles. The number of nitrogens with one attached hydrogen (secondary N) is 1. The second kappa shape index (κ2) is 8.18. The van der Waals surface area contributed by atoms with Gasteiger partial charge in [0.05, 0.1) is 16.8 Å². The third-order valence-electron chi connectivity index (χ3n) is 4.00. The number of aromatic nitrogens is 3. The lowest BCUT2D eigenvalue weighted by atomic mass is 10.2. The molecular formula is C20H18N4O3S. The number of aryl methyl sites for hydroxylation is 1. The van der Waals surface area contributed by atoms with Crippen molar-refractivity contribution in [1.82, 2.24) is 15.1 Å². The average molecular weight is 394 g/mol. The molecular weight excluding hydrogens is 376 g/mol. The molecule has 0 fully saturated rings. The summed E-state index contributed by atoms with van der Waals surface area (Å²) in [5.74, 6) is 1.56. The van der Waals surface area contributed by atoms with Crippen LogP contribution in [-0.2, 0) is 11.2 Å². The van der Waals surface area contributed by atoms with E-state index in [1.807, 2.05) is 55.5 Å². The molecule has 2 aromatic heterocycles. The van der Waals surface area contributed by atoms with Gasteiger partial charge in [0.2, 0.25) is 17.6 Å². The van der Waals surface area contributed by atoms with Gasteiger partial charge in [0.1, 0.15) is 5.75 Å². The molecule has 7 nitrogen and oxygen atoms in total. The average Bonchev–Trinajstić information content (AvgIpc) is 3.33. The van der Waals surface area contributed by atoms with Crippen molar-refractivity contribution < 1.29 is 14.1 Å². The van der Waals surface area contributed by atoms with Gasteiger partial charge < -0.3 is 14.6 Å². The van der Waals surface area contributed by atoms with Gasteiger partial charge in [0.25, 0.3) is 0 Å². The molecule has 0 aliphatic carbocycles. The smallest absolute Gasteiger partial charge is 0.227 e. The minimum atomic E-state index is -0.139. The van der Waals surface area contributed by atoms with Crippen LogP contribution in [0.3, 0.4) is 0 Å². The summed E-state index contributed by atoms with van der Waals surface area (Å²) in [4.78, 5) is 20.9. The van der Waals surface area contributed by atoms with E-state index in [2.05, 4.69) is 20.4 Å². The minimum Gasteiger partial charge on any atom is -0.494 e. The van der Waals surface area contributed by atoms with Gasteiger partial charge in [0, 0.05) is 18.4 Å². The molecule has 0 bridgehead atoms. The maximum Gasteiger partial charge on any atom is 0.227 e. The summed E-state index contributed by atoms with van der Waals surface area (Å²) in [7, 11) is 0. The van der Waals surface area contributed by atoms with Crippen LogP contribution < -0.4 is 10.1 Å². The Balaban J connectivity index is 1.34. The zero-order chi connectivity index (χ0) is 19.3. The van der Waals surface area contributed by atoms with Gasteiger partial charge in [-0.3, -0.25) is 4.79 Å². The first-order valence-electron chi connectivity index (χ1n) is 8.92. The van der Waals surface area contributed by atoms with Crippen molar-refractivity contribution in [2.75, 3.05) is 11.9 Å². The zero-order valence-electron chi connectivity index (χ0n) is 15.2. The molecule has 0 aliphatic heterocycles. The number of amides is 1. The van der Waals surface area contributed by atoms with Crippen molar-refractivity contribution >= 4 is 32.6 Å². The van der Waals surface area contributed by atoms with Crippen LogP contribution in [0.25, 0.3) is 21.6 Å².